The van der Waals surface area contributed by atoms with Crippen LogP contribution in [0.2, 0.25) is 0 Å². The Balaban J connectivity index is 1.72. The first-order valence-corrected chi connectivity index (χ1v) is 9.12. The molecule has 6 nitrogen and oxygen atoms in total. The zero-order chi connectivity index (χ0) is 16.1. The van der Waals surface area contributed by atoms with Gasteiger partial charge < -0.3 is 5.32 Å². The zero-order valence-electron chi connectivity index (χ0n) is 12.7. The Morgan fingerprint density at radius 2 is 2.39 bits per heavy atom. The maximum absolute atomic E-state index is 12.4. The van der Waals surface area contributed by atoms with Crippen LogP contribution in [0.3, 0.4) is 0 Å². The van der Waals surface area contributed by atoms with Gasteiger partial charge in [-0.15, -0.1) is 5.10 Å². The number of rotatable bonds is 7. The smallest absolute Gasteiger partial charge is 0.265 e. The number of hydrogen-bond acceptors (Lipinski definition) is 6. The molecule has 1 unspecified atom stereocenters. The number of nitrogens with one attached hydrogen (secondary N) is 1. The maximum atomic E-state index is 12.4. The highest BCUT2D eigenvalue weighted by atomic mass is 32.1. The molecule has 0 aliphatic rings. The number of aryl methyl sites for hydroxylation is 1. The lowest BCUT2D eigenvalue weighted by molar-refractivity contribution is 0.0952. The molecule has 0 bridgehead atoms. The Morgan fingerprint density at radius 3 is 3.09 bits per heavy atom. The summed E-state index contributed by atoms with van der Waals surface area (Å²) >= 11 is 2.79. The highest BCUT2D eigenvalue weighted by Crippen LogP contribution is 2.20. The van der Waals surface area contributed by atoms with Crippen molar-refractivity contribution in [3.8, 4) is 0 Å². The van der Waals surface area contributed by atoms with Gasteiger partial charge in [0.05, 0.1) is 11.7 Å². The van der Waals surface area contributed by atoms with E-state index in [9.17, 15) is 4.79 Å². The van der Waals surface area contributed by atoms with Crippen LogP contribution in [0.25, 0.3) is 0 Å². The molecule has 3 aromatic heterocycles. The summed E-state index contributed by atoms with van der Waals surface area (Å²) < 4.78 is 5.76. The molecular formula is C15H17N5OS2. The molecule has 0 aliphatic carbocycles. The molecule has 120 valence electrons. The van der Waals surface area contributed by atoms with Gasteiger partial charge in [-0.3, -0.25) is 9.48 Å². The third-order valence-corrected chi connectivity index (χ3v) is 4.95. The number of amides is 1. The van der Waals surface area contributed by atoms with Crippen molar-refractivity contribution in [2.75, 3.05) is 6.54 Å². The van der Waals surface area contributed by atoms with Gasteiger partial charge in [0.2, 0.25) is 0 Å². The van der Waals surface area contributed by atoms with Crippen molar-refractivity contribution in [3.05, 3.63) is 51.4 Å². The molecule has 0 aromatic carbocycles. The van der Waals surface area contributed by atoms with Crippen LogP contribution in [-0.2, 0) is 6.42 Å². The van der Waals surface area contributed by atoms with Crippen molar-refractivity contribution in [2.24, 2.45) is 0 Å². The molecule has 3 heterocycles. The Kier molecular flexibility index (Phi) is 5.14. The van der Waals surface area contributed by atoms with Crippen LogP contribution >= 0.6 is 22.9 Å². The molecule has 1 amide bonds. The number of nitrogens with zero attached hydrogens (tertiary/aromatic N) is 4. The molecule has 0 aliphatic heterocycles. The van der Waals surface area contributed by atoms with Crippen LogP contribution in [0.1, 0.15) is 40.3 Å². The standard InChI is InChI=1S/C15H17N5OS2/c1-2-4-12-14(23-19-18-12)15(21)16-9-13(11-5-8-22-10-11)20-7-3-6-17-20/h3,5-8,10,13H,2,4,9H2,1H3,(H,16,21). The van der Waals surface area contributed by atoms with Crippen molar-refractivity contribution < 1.29 is 4.79 Å². The summed E-state index contributed by atoms with van der Waals surface area (Å²) in [4.78, 5) is 13.0. The van der Waals surface area contributed by atoms with Crippen LogP contribution in [-0.4, -0.2) is 31.8 Å². The minimum atomic E-state index is -0.115. The first-order valence-electron chi connectivity index (χ1n) is 7.40. The van der Waals surface area contributed by atoms with Gasteiger partial charge in [-0.05, 0) is 46.4 Å². The summed E-state index contributed by atoms with van der Waals surface area (Å²) in [6, 6.07) is 3.92. The monoisotopic (exact) mass is 347 g/mol. The van der Waals surface area contributed by atoms with E-state index in [-0.39, 0.29) is 11.9 Å². The average Bonchev–Trinajstić information content (AvgIpc) is 3.30. The predicted molar refractivity (Wildman–Crippen MR) is 90.9 cm³/mol. The van der Waals surface area contributed by atoms with Gasteiger partial charge in [0.1, 0.15) is 4.88 Å². The van der Waals surface area contributed by atoms with E-state index in [1.807, 2.05) is 22.3 Å². The first-order chi connectivity index (χ1) is 11.3. The number of carbonyl (C=O) groups is 1. The Bertz CT molecular complexity index is 702. The van der Waals surface area contributed by atoms with E-state index in [0.29, 0.717) is 11.4 Å². The molecule has 8 heteroatoms. The van der Waals surface area contributed by atoms with Crippen LogP contribution in [0.15, 0.2) is 35.3 Å². The van der Waals surface area contributed by atoms with Crippen molar-refractivity contribution in [1.82, 2.24) is 24.7 Å². The summed E-state index contributed by atoms with van der Waals surface area (Å²) in [5, 5.41) is 15.5. The summed E-state index contributed by atoms with van der Waals surface area (Å²) in [7, 11) is 0. The van der Waals surface area contributed by atoms with Gasteiger partial charge in [-0.1, -0.05) is 17.8 Å². The summed E-state index contributed by atoms with van der Waals surface area (Å²) in [6.07, 6.45) is 5.36. The van der Waals surface area contributed by atoms with E-state index in [1.54, 1.807) is 17.5 Å². The fourth-order valence-electron chi connectivity index (χ4n) is 2.34. The minimum Gasteiger partial charge on any atom is -0.349 e. The van der Waals surface area contributed by atoms with E-state index in [0.717, 1.165) is 35.6 Å². The largest absolute Gasteiger partial charge is 0.349 e. The Hall–Kier alpha value is -2.06. The number of carbonyl (C=O) groups excluding carboxylic acids is 1. The molecule has 0 spiro atoms. The molecule has 3 rings (SSSR count). The second-order valence-electron chi connectivity index (χ2n) is 5.07. The van der Waals surface area contributed by atoms with Crippen LogP contribution in [0, 0.1) is 0 Å². The highest BCUT2D eigenvalue weighted by molar-refractivity contribution is 7.08. The zero-order valence-corrected chi connectivity index (χ0v) is 14.3. The van der Waals surface area contributed by atoms with Crippen LogP contribution in [0.5, 0.6) is 0 Å². The van der Waals surface area contributed by atoms with E-state index in [2.05, 4.69) is 38.4 Å². The second-order valence-corrected chi connectivity index (χ2v) is 6.60. The van der Waals surface area contributed by atoms with Gasteiger partial charge in [-0.2, -0.15) is 16.4 Å². The third kappa shape index (κ3) is 3.65. The van der Waals surface area contributed by atoms with Gasteiger partial charge >= 0.3 is 0 Å². The Labute approximate surface area is 142 Å². The third-order valence-electron chi connectivity index (χ3n) is 3.48. The molecule has 0 radical (unpaired) electrons. The topological polar surface area (TPSA) is 72.7 Å². The molecule has 0 fully saturated rings. The van der Waals surface area contributed by atoms with Gasteiger partial charge in [0.15, 0.2) is 0 Å². The fourth-order valence-corrected chi connectivity index (χ4v) is 3.68. The molecule has 0 saturated carbocycles. The highest BCUT2D eigenvalue weighted by Gasteiger charge is 2.19. The van der Waals surface area contributed by atoms with Crippen molar-refractivity contribution in [2.45, 2.75) is 25.8 Å². The number of aromatic nitrogens is 4. The van der Waals surface area contributed by atoms with Crippen LogP contribution < -0.4 is 5.32 Å². The van der Waals surface area contributed by atoms with Crippen molar-refractivity contribution >= 4 is 28.8 Å². The molecule has 3 aromatic rings. The lowest BCUT2D eigenvalue weighted by atomic mass is 10.1. The van der Waals surface area contributed by atoms with E-state index < -0.39 is 0 Å². The summed E-state index contributed by atoms with van der Waals surface area (Å²) in [6.45, 7) is 2.53. The SMILES string of the molecule is CCCc1nnsc1C(=O)NCC(c1ccsc1)n1cccn1. The van der Waals surface area contributed by atoms with E-state index in [4.69, 9.17) is 0 Å². The Morgan fingerprint density at radius 1 is 1.48 bits per heavy atom. The van der Waals surface area contributed by atoms with E-state index >= 15 is 0 Å². The predicted octanol–water partition coefficient (Wildman–Crippen LogP) is 2.77. The quantitative estimate of drug-likeness (QED) is 0.713. The lowest BCUT2D eigenvalue weighted by Crippen LogP contribution is -2.31. The summed E-state index contributed by atoms with van der Waals surface area (Å²) in [5.41, 5.74) is 1.91. The molecule has 1 N–H and O–H groups in total. The van der Waals surface area contributed by atoms with Crippen molar-refractivity contribution in [3.63, 3.8) is 0 Å². The average molecular weight is 347 g/mol. The number of hydrogen-bond donors (Lipinski definition) is 1. The number of thiophene rings is 1. The van der Waals surface area contributed by atoms with Gasteiger partial charge in [-0.25, -0.2) is 0 Å². The fraction of sp³-hybridized carbons (Fsp3) is 0.333. The maximum Gasteiger partial charge on any atom is 0.265 e. The molecule has 1 atom stereocenters. The molecule has 23 heavy (non-hydrogen) atoms. The second kappa shape index (κ2) is 7.47. The summed E-state index contributed by atoms with van der Waals surface area (Å²) in [5.74, 6) is -0.115. The normalized spacial score (nSPS) is 12.2. The first kappa shape index (κ1) is 15.8. The van der Waals surface area contributed by atoms with Crippen LogP contribution in [0.4, 0.5) is 0 Å². The molecular weight excluding hydrogens is 330 g/mol. The minimum absolute atomic E-state index is 0.0179. The van der Waals surface area contributed by atoms with Gasteiger partial charge in [0, 0.05) is 18.9 Å². The lowest BCUT2D eigenvalue weighted by Gasteiger charge is -2.17. The van der Waals surface area contributed by atoms with Crippen molar-refractivity contribution in [1.29, 1.82) is 0 Å². The van der Waals surface area contributed by atoms with Gasteiger partial charge in [0.25, 0.3) is 5.91 Å². The van der Waals surface area contributed by atoms with E-state index in [1.165, 1.54) is 0 Å². The molecule has 0 saturated heterocycles.